The molecule has 3 aliphatic rings. The van der Waals surface area contributed by atoms with Crippen molar-refractivity contribution >= 4 is 5.57 Å². The Morgan fingerprint density at radius 1 is 1.22 bits per heavy atom. The molecule has 1 aliphatic carbocycles. The van der Waals surface area contributed by atoms with Crippen molar-refractivity contribution in [1.29, 1.82) is 5.26 Å². The van der Waals surface area contributed by atoms with E-state index >= 15 is 0 Å². The maximum absolute atomic E-state index is 10.1. The highest BCUT2D eigenvalue weighted by Gasteiger charge is 2.42. The van der Waals surface area contributed by atoms with Gasteiger partial charge in [-0.25, -0.2) is 0 Å². The number of pyridine rings is 1. The quantitative estimate of drug-likeness (QED) is 0.823. The van der Waals surface area contributed by atoms with E-state index in [4.69, 9.17) is 9.47 Å². The van der Waals surface area contributed by atoms with Crippen molar-refractivity contribution in [2.45, 2.75) is 38.5 Å². The molecular formula is C22H23N3O2. The minimum Gasteiger partial charge on any atom is -0.498 e. The number of ether oxygens (including phenoxy) is 2. The first-order valence-electron chi connectivity index (χ1n) is 9.17. The summed E-state index contributed by atoms with van der Waals surface area (Å²) in [5.74, 6) is 0.800. The summed E-state index contributed by atoms with van der Waals surface area (Å²) in [6.45, 7) is 4.35. The molecule has 3 heterocycles. The third kappa shape index (κ3) is 2.60. The highest BCUT2D eigenvalue weighted by atomic mass is 16.5. The minimum atomic E-state index is -0.0858. The third-order valence-electron chi connectivity index (χ3n) is 5.71. The van der Waals surface area contributed by atoms with Crippen LogP contribution in [0.1, 0.15) is 25.8 Å². The predicted molar refractivity (Wildman–Crippen MR) is 103 cm³/mol. The number of fused-ring (bicyclic) bond motifs is 2. The van der Waals surface area contributed by atoms with Gasteiger partial charge in [-0.05, 0) is 43.2 Å². The standard InChI is InChI=1S/C22H23N3O2/c1-13-9-16-10-19(26-3)20(27-4)11-17(16)22-18(12-23)21(14(2)25(13)22)15-5-7-24-8-6-15/h5-9,11,13-14,19H,10H2,1-4H3. The average Bonchev–Trinajstić information content (AvgIpc) is 3.00. The molecule has 3 unspecified atom stereocenters. The number of nitriles is 1. The van der Waals surface area contributed by atoms with Gasteiger partial charge in [0.2, 0.25) is 0 Å². The number of aromatic nitrogens is 1. The van der Waals surface area contributed by atoms with Crippen molar-refractivity contribution in [1.82, 2.24) is 9.88 Å². The predicted octanol–water partition coefficient (Wildman–Crippen LogP) is 3.59. The molecule has 1 aromatic heterocycles. The van der Waals surface area contributed by atoms with Crippen molar-refractivity contribution in [2.24, 2.45) is 0 Å². The Hall–Kier alpha value is -2.84. The highest BCUT2D eigenvalue weighted by molar-refractivity contribution is 5.84. The largest absolute Gasteiger partial charge is 0.498 e. The summed E-state index contributed by atoms with van der Waals surface area (Å²) in [5.41, 5.74) is 6.15. The van der Waals surface area contributed by atoms with Gasteiger partial charge in [-0.1, -0.05) is 6.08 Å². The zero-order valence-electron chi connectivity index (χ0n) is 16.1. The van der Waals surface area contributed by atoms with Gasteiger partial charge in [0.05, 0.1) is 24.4 Å². The van der Waals surface area contributed by atoms with Crippen LogP contribution in [0.3, 0.4) is 0 Å². The van der Waals surface area contributed by atoms with E-state index in [-0.39, 0.29) is 18.2 Å². The Kier molecular flexibility index (Phi) is 4.37. The summed E-state index contributed by atoms with van der Waals surface area (Å²) in [4.78, 5) is 6.46. The van der Waals surface area contributed by atoms with E-state index in [0.717, 1.165) is 40.2 Å². The SMILES string of the molecule is COC1=CC2=C3C(C#N)=C(c4ccncc4)C(C)N3C(C)C=C2CC1OC. The molecule has 0 amide bonds. The number of hydrogen-bond donors (Lipinski definition) is 0. The van der Waals surface area contributed by atoms with Crippen molar-refractivity contribution in [3.05, 3.63) is 70.4 Å². The summed E-state index contributed by atoms with van der Waals surface area (Å²) in [6.07, 6.45) is 8.55. The maximum Gasteiger partial charge on any atom is 0.125 e. The van der Waals surface area contributed by atoms with Gasteiger partial charge in [-0.15, -0.1) is 0 Å². The lowest BCUT2D eigenvalue weighted by atomic mass is 9.85. The van der Waals surface area contributed by atoms with Crippen LogP contribution in [0.2, 0.25) is 0 Å². The van der Waals surface area contributed by atoms with Crippen LogP contribution < -0.4 is 0 Å². The molecule has 27 heavy (non-hydrogen) atoms. The normalized spacial score (nSPS) is 26.9. The van der Waals surface area contributed by atoms with E-state index in [1.807, 2.05) is 18.2 Å². The second-order valence-electron chi connectivity index (χ2n) is 7.09. The van der Waals surface area contributed by atoms with Gasteiger partial charge in [-0.3, -0.25) is 4.98 Å². The van der Waals surface area contributed by atoms with Gasteiger partial charge < -0.3 is 14.4 Å². The highest BCUT2D eigenvalue weighted by Crippen LogP contribution is 2.47. The Bertz CT molecular complexity index is 934. The minimum absolute atomic E-state index is 0.0858. The summed E-state index contributed by atoms with van der Waals surface area (Å²) in [6, 6.07) is 6.75. The molecule has 1 aromatic rings. The lowest BCUT2D eigenvalue weighted by molar-refractivity contribution is 0.0762. The van der Waals surface area contributed by atoms with Crippen molar-refractivity contribution in [3.8, 4) is 6.07 Å². The number of rotatable bonds is 3. The lowest BCUT2D eigenvalue weighted by Gasteiger charge is -2.39. The molecular weight excluding hydrogens is 338 g/mol. The topological polar surface area (TPSA) is 58.4 Å². The fourth-order valence-corrected chi connectivity index (χ4v) is 4.54. The second kappa shape index (κ2) is 6.71. The first-order chi connectivity index (χ1) is 13.1. The first-order valence-corrected chi connectivity index (χ1v) is 9.17. The lowest BCUT2D eigenvalue weighted by Crippen LogP contribution is -2.39. The molecule has 0 fully saturated rings. The van der Waals surface area contributed by atoms with Gasteiger partial charge in [0.15, 0.2) is 0 Å². The number of hydrogen-bond acceptors (Lipinski definition) is 5. The van der Waals surface area contributed by atoms with Crippen LogP contribution >= 0.6 is 0 Å². The van der Waals surface area contributed by atoms with Crippen molar-refractivity contribution in [2.75, 3.05) is 14.2 Å². The number of allylic oxidation sites excluding steroid dienone is 3. The fraction of sp³-hybridized carbons (Fsp3) is 0.364. The second-order valence-corrected chi connectivity index (χ2v) is 7.09. The number of methoxy groups -OCH3 is 2. The van der Waals surface area contributed by atoms with Crippen molar-refractivity contribution < 1.29 is 9.47 Å². The van der Waals surface area contributed by atoms with Crippen LogP contribution in [0.4, 0.5) is 0 Å². The van der Waals surface area contributed by atoms with Crippen LogP contribution in [0.25, 0.3) is 5.57 Å². The van der Waals surface area contributed by atoms with Crippen LogP contribution in [0, 0.1) is 11.3 Å². The number of nitrogens with zero attached hydrogens (tertiary/aromatic N) is 3. The molecule has 138 valence electrons. The smallest absolute Gasteiger partial charge is 0.125 e. The van der Waals surface area contributed by atoms with Crippen LogP contribution in [0.15, 0.2) is 64.9 Å². The van der Waals surface area contributed by atoms with Gasteiger partial charge >= 0.3 is 0 Å². The molecule has 0 radical (unpaired) electrons. The van der Waals surface area contributed by atoms with Gasteiger partial charge in [0, 0.05) is 43.1 Å². The van der Waals surface area contributed by atoms with E-state index in [0.29, 0.717) is 0 Å². The Morgan fingerprint density at radius 2 is 1.96 bits per heavy atom. The van der Waals surface area contributed by atoms with Gasteiger partial charge in [-0.2, -0.15) is 5.26 Å². The Labute approximate surface area is 159 Å². The Balaban J connectivity index is 1.97. The van der Waals surface area contributed by atoms with Crippen LogP contribution in [-0.4, -0.2) is 42.3 Å². The van der Waals surface area contributed by atoms with E-state index in [9.17, 15) is 5.26 Å². The summed E-state index contributed by atoms with van der Waals surface area (Å²) in [5, 5.41) is 10.1. The van der Waals surface area contributed by atoms with Crippen molar-refractivity contribution in [3.63, 3.8) is 0 Å². The van der Waals surface area contributed by atoms with Gasteiger partial charge in [0.25, 0.3) is 0 Å². The third-order valence-corrected chi connectivity index (χ3v) is 5.71. The van der Waals surface area contributed by atoms with E-state index in [2.05, 4.69) is 35.9 Å². The van der Waals surface area contributed by atoms with Crippen LogP contribution in [0.5, 0.6) is 0 Å². The van der Waals surface area contributed by atoms with E-state index in [1.165, 1.54) is 5.57 Å². The summed E-state index contributed by atoms with van der Waals surface area (Å²) < 4.78 is 11.2. The van der Waals surface area contributed by atoms with E-state index in [1.54, 1.807) is 26.6 Å². The maximum atomic E-state index is 10.1. The zero-order valence-corrected chi connectivity index (χ0v) is 16.1. The molecule has 0 N–H and O–H groups in total. The molecule has 4 rings (SSSR count). The molecule has 0 saturated carbocycles. The van der Waals surface area contributed by atoms with Crippen LogP contribution in [-0.2, 0) is 9.47 Å². The fourth-order valence-electron chi connectivity index (χ4n) is 4.54. The molecule has 0 aromatic carbocycles. The van der Waals surface area contributed by atoms with Gasteiger partial charge in [0.1, 0.15) is 17.9 Å². The molecule has 0 spiro atoms. The monoisotopic (exact) mass is 361 g/mol. The van der Waals surface area contributed by atoms with E-state index < -0.39 is 0 Å². The molecule has 5 heteroatoms. The molecule has 0 bridgehead atoms. The summed E-state index contributed by atoms with van der Waals surface area (Å²) in [7, 11) is 3.37. The molecule has 2 aliphatic heterocycles. The average molecular weight is 361 g/mol. The Morgan fingerprint density at radius 3 is 2.59 bits per heavy atom. The first kappa shape index (κ1) is 17.6. The molecule has 5 nitrogen and oxygen atoms in total. The zero-order chi connectivity index (χ0) is 19.1. The molecule has 0 saturated heterocycles. The summed E-state index contributed by atoms with van der Waals surface area (Å²) >= 11 is 0. The molecule has 3 atom stereocenters.